The number of halogens is 3. The van der Waals surface area contributed by atoms with Gasteiger partial charge in [-0.05, 0) is 25.0 Å². The molecule has 0 aromatic heterocycles. The van der Waals surface area contributed by atoms with Crippen molar-refractivity contribution in [1.29, 1.82) is 0 Å². The van der Waals surface area contributed by atoms with Gasteiger partial charge < -0.3 is 9.05 Å². The minimum absolute atomic E-state index is 0.0208. The molecule has 1 rings (SSSR count). The lowest BCUT2D eigenvalue weighted by Gasteiger charge is -2.30. The van der Waals surface area contributed by atoms with E-state index in [1.807, 2.05) is 0 Å². The third-order valence-corrected chi connectivity index (χ3v) is 7.41. The van der Waals surface area contributed by atoms with E-state index in [0.29, 0.717) is 12.8 Å². The fourth-order valence-corrected chi connectivity index (χ4v) is 6.35. The lowest BCUT2D eigenvalue weighted by atomic mass is 10.4. The first-order chi connectivity index (χ1) is 11.6. The largest absolute Gasteiger partial charge is 0.365 e. The van der Waals surface area contributed by atoms with Gasteiger partial charge in [-0.15, -0.1) is 0 Å². The van der Waals surface area contributed by atoms with Crippen molar-refractivity contribution < 1.29 is 26.2 Å². The number of alkyl halides is 3. The smallest absolute Gasteiger partial charge is 0.307 e. The molecule has 1 aromatic carbocycles. The predicted molar refractivity (Wildman–Crippen MR) is 98.9 cm³/mol. The minimum atomic E-state index is -4.36. The molecule has 0 amide bonds. The van der Waals surface area contributed by atoms with Crippen LogP contribution in [0.5, 0.6) is 0 Å². The molecule has 0 bridgehead atoms. The third-order valence-electron chi connectivity index (χ3n) is 2.77. The molecule has 0 aliphatic carbocycles. The fourth-order valence-electron chi connectivity index (χ4n) is 1.66. The quantitative estimate of drug-likeness (QED) is 0.277. The standard InChI is InChI=1S/C14H20Cl3O6PS/c1-3-10-21-24(18,22-11-4-2)13(14(15,16)17)23-25(19,20)12-8-6-5-7-9-12/h5-9,13H,3-4,10-11H2,1-2H3. The van der Waals surface area contributed by atoms with Crippen LogP contribution in [-0.2, 0) is 27.9 Å². The number of rotatable bonds is 10. The number of hydrogen-bond donors (Lipinski definition) is 0. The monoisotopic (exact) mass is 452 g/mol. The van der Waals surface area contributed by atoms with Crippen LogP contribution in [-0.4, -0.2) is 31.3 Å². The summed E-state index contributed by atoms with van der Waals surface area (Å²) in [6.07, 6.45) is 0.995. The van der Waals surface area contributed by atoms with E-state index in [-0.39, 0.29) is 18.1 Å². The Labute approximate surface area is 163 Å². The molecule has 0 spiro atoms. The summed E-state index contributed by atoms with van der Waals surface area (Å²) in [6.45, 7) is 3.59. The maximum Gasteiger partial charge on any atom is 0.365 e. The molecular formula is C14H20Cl3O6PS. The van der Waals surface area contributed by atoms with Crippen molar-refractivity contribution in [3.8, 4) is 0 Å². The van der Waals surface area contributed by atoms with E-state index in [9.17, 15) is 13.0 Å². The van der Waals surface area contributed by atoms with Crippen LogP contribution >= 0.6 is 42.4 Å². The van der Waals surface area contributed by atoms with Crippen LogP contribution in [0.25, 0.3) is 0 Å². The summed E-state index contributed by atoms with van der Waals surface area (Å²) in [5.41, 5.74) is 0. The highest BCUT2D eigenvalue weighted by molar-refractivity contribution is 7.87. The molecule has 0 aliphatic heterocycles. The highest BCUT2D eigenvalue weighted by Gasteiger charge is 2.52. The fraction of sp³-hybridized carbons (Fsp3) is 0.571. The zero-order valence-corrected chi connectivity index (χ0v) is 17.7. The first-order valence-electron chi connectivity index (χ1n) is 7.50. The second-order valence-electron chi connectivity index (χ2n) is 4.96. The lowest BCUT2D eigenvalue weighted by molar-refractivity contribution is 0.155. The Morgan fingerprint density at radius 1 is 1.04 bits per heavy atom. The first-order valence-corrected chi connectivity index (χ1v) is 11.7. The molecule has 0 fully saturated rings. The van der Waals surface area contributed by atoms with Gasteiger partial charge in [-0.25, -0.2) is 4.18 Å². The number of hydrogen-bond acceptors (Lipinski definition) is 6. The van der Waals surface area contributed by atoms with Gasteiger partial charge in [0, 0.05) is 0 Å². The molecule has 0 saturated carbocycles. The van der Waals surface area contributed by atoms with Gasteiger partial charge in [0.1, 0.15) is 0 Å². The Morgan fingerprint density at radius 2 is 1.52 bits per heavy atom. The van der Waals surface area contributed by atoms with Gasteiger partial charge in [0.05, 0.1) is 18.1 Å². The van der Waals surface area contributed by atoms with Crippen LogP contribution in [0.4, 0.5) is 0 Å². The van der Waals surface area contributed by atoms with Crippen molar-refractivity contribution in [3.63, 3.8) is 0 Å². The van der Waals surface area contributed by atoms with Gasteiger partial charge in [0.2, 0.25) is 9.64 Å². The summed E-state index contributed by atoms with van der Waals surface area (Å²) in [6, 6.07) is 7.23. The molecule has 144 valence electrons. The average molecular weight is 454 g/mol. The van der Waals surface area contributed by atoms with E-state index in [2.05, 4.69) is 0 Å². The van der Waals surface area contributed by atoms with Gasteiger partial charge in [-0.1, -0.05) is 66.8 Å². The summed E-state index contributed by atoms with van der Waals surface area (Å²) in [5, 5.41) is 0. The highest BCUT2D eigenvalue weighted by atomic mass is 35.6. The predicted octanol–water partition coefficient (Wildman–Crippen LogP) is 5.13. The number of benzene rings is 1. The van der Waals surface area contributed by atoms with Crippen LogP contribution in [0.2, 0.25) is 0 Å². The van der Waals surface area contributed by atoms with Crippen molar-refractivity contribution in [1.82, 2.24) is 0 Å². The lowest BCUT2D eigenvalue weighted by Crippen LogP contribution is -2.33. The topological polar surface area (TPSA) is 78.9 Å². The van der Waals surface area contributed by atoms with Gasteiger partial charge in [-0.3, -0.25) is 4.57 Å². The molecule has 0 radical (unpaired) electrons. The molecule has 0 N–H and O–H groups in total. The van der Waals surface area contributed by atoms with E-state index in [1.165, 1.54) is 24.3 Å². The Hall–Kier alpha value is 0.150. The summed E-state index contributed by atoms with van der Waals surface area (Å²) < 4.78 is 51.1. The average Bonchev–Trinajstić information content (AvgIpc) is 2.56. The van der Waals surface area contributed by atoms with Crippen molar-refractivity contribution in [2.75, 3.05) is 13.2 Å². The van der Waals surface area contributed by atoms with Crippen LogP contribution in [0, 0.1) is 0 Å². The van der Waals surface area contributed by atoms with Crippen molar-refractivity contribution in [3.05, 3.63) is 30.3 Å². The summed E-state index contributed by atoms with van der Waals surface area (Å²) in [5.74, 6) is -1.95. The van der Waals surface area contributed by atoms with Gasteiger partial charge >= 0.3 is 7.60 Å². The minimum Gasteiger partial charge on any atom is -0.307 e. The SMILES string of the molecule is CCCOP(=O)(OCCC)C(OS(=O)(=O)c1ccccc1)C(Cl)(Cl)Cl. The maximum atomic E-state index is 13.1. The summed E-state index contributed by atoms with van der Waals surface area (Å²) in [7, 11) is -8.56. The van der Waals surface area contributed by atoms with Gasteiger partial charge in [0.15, 0.2) is 0 Å². The highest BCUT2D eigenvalue weighted by Crippen LogP contribution is 2.61. The Morgan fingerprint density at radius 3 is 1.92 bits per heavy atom. The molecule has 1 unspecified atom stereocenters. The van der Waals surface area contributed by atoms with E-state index in [0.717, 1.165) is 0 Å². The van der Waals surface area contributed by atoms with Gasteiger partial charge in [-0.2, -0.15) is 8.42 Å². The molecule has 11 heteroatoms. The van der Waals surface area contributed by atoms with Crippen molar-refractivity contribution in [2.45, 2.75) is 41.2 Å². The molecule has 0 aliphatic rings. The Kier molecular flexibility index (Phi) is 9.19. The Balaban J connectivity index is 3.24. The molecule has 1 aromatic rings. The van der Waals surface area contributed by atoms with Crippen LogP contribution in [0.15, 0.2) is 35.2 Å². The maximum absolute atomic E-state index is 13.1. The van der Waals surface area contributed by atoms with E-state index >= 15 is 0 Å². The molecule has 6 nitrogen and oxygen atoms in total. The van der Waals surface area contributed by atoms with Gasteiger partial charge in [0.25, 0.3) is 10.1 Å². The van der Waals surface area contributed by atoms with E-state index in [1.54, 1.807) is 19.9 Å². The zero-order chi connectivity index (χ0) is 19.1. The normalized spacial score (nSPS) is 14.4. The van der Waals surface area contributed by atoms with E-state index < -0.39 is 27.4 Å². The Bertz CT molecular complexity index is 666. The third kappa shape index (κ3) is 7.00. The molecule has 25 heavy (non-hydrogen) atoms. The van der Waals surface area contributed by atoms with Crippen molar-refractivity contribution in [2.24, 2.45) is 0 Å². The van der Waals surface area contributed by atoms with Crippen LogP contribution in [0.1, 0.15) is 26.7 Å². The van der Waals surface area contributed by atoms with Crippen molar-refractivity contribution >= 4 is 52.5 Å². The molecule has 1 atom stereocenters. The second-order valence-corrected chi connectivity index (χ2v) is 11.0. The summed E-state index contributed by atoms with van der Waals surface area (Å²) in [4.78, 5) is -0.174. The van der Waals surface area contributed by atoms with Crippen LogP contribution < -0.4 is 0 Å². The first kappa shape index (κ1) is 23.2. The van der Waals surface area contributed by atoms with Crippen LogP contribution in [0.3, 0.4) is 0 Å². The molecular weight excluding hydrogens is 434 g/mol. The zero-order valence-electron chi connectivity index (χ0n) is 13.7. The molecule has 0 heterocycles. The van der Waals surface area contributed by atoms with E-state index in [4.69, 9.17) is 48.0 Å². The summed E-state index contributed by atoms with van der Waals surface area (Å²) >= 11 is 17.5. The second kappa shape index (κ2) is 9.90. The molecule has 0 saturated heterocycles.